The lowest BCUT2D eigenvalue weighted by Gasteiger charge is -2.18. The summed E-state index contributed by atoms with van der Waals surface area (Å²) >= 11 is 0. The SMILES string of the molecule is COc1cccc(CCC2Oc3ccc(C(C)(C)C)cc3O2)c1. The van der Waals surface area contributed by atoms with Crippen LogP contribution in [0.3, 0.4) is 0 Å². The van der Waals surface area contributed by atoms with Gasteiger partial charge >= 0.3 is 0 Å². The fraction of sp³-hybridized carbons (Fsp3) is 0.400. The number of fused-ring (bicyclic) bond motifs is 1. The fourth-order valence-corrected chi connectivity index (χ4v) is 2.70. The minimum atomic E-state index is -0.216. The van der Waals surface area contributed by atoms with Crippen molar-refractivity contribution in [1.29, 1.82) is 0 Å². The Bertz CT molecular complexity index is 686. The zero-order chi connectivity index (χ0) is 16.4. The Labute approximate surface area is 138 Å². The molecule has 1 unspecified atom stereocenters. The Morgan fingerprint density at radius 1 is 1.00 bits per heavy atom. The van der Waals surface area contributed by atoms with Crippen molar-refractivity contribution in [3.05, 3.63) is 53.6 Å². The summed E-state index contributed by atoms with van der Waals surface area (Å²) in [4.78, 5) is 0. The van der Waals surface area contributed by atoms with Gasteiger partial charge in [-0.1, -0.05) is 39.0 Å². The third-order valence-corrected chi connectivity index (χ3v) is 4.13. The van der Waals surface area contributed by atoms with E-state index in [9.17, 15) is 0 Å². The summed E-state index contributed by atoms with van der Waals surface area (Å²) in [5.41, 5.74) is 2.59. The van der Waals surface area contributed by atoms with Crippen LogP contribution in [0, 0.1) is 0 Å². The maximum Gasteiger partial charge on any atom is 0.241 e. The molecule has 2 aromatic rings. The molecule has 0 saturated carbocycles. The molecule has 1 aliphatic heterocycles. The highest BCUT2D eigenvalue weighted by molar-refractivity contribution is 5.46. The van der Waals surface area contributed by atoms with Gasteiger partial charge in [0.2, 0.25) is 6.29 Å². The molecule has 23 heavy (non-hydrogen) atoms. The topological polar surface area (TPSA) is 27.7 Å². The summed E-state index contributed by atoms with van der Waals surface area (Å²) in [6.45, 7) is 6.60. The first-order valence-electron chi connectivity index (χ1n) is 8.06. The van der Waals surface area contributed by atoms with Gasteiger partial charge in [-0.3, -0.25) is 0 Å². The van der Waals surface area contributed by atoms with Gasteiger partial charge in [-0.05, 0) is 47.2 Å². The average molecular weight is 312 g/mol. The van der Waals surface area contributed by atoms with Crippen LogP contribution in [0.25, 0.3) is 0 Å². The van der Waals surface area contributed by atoms with Crippen LogP contribution in [0.4, 0.5) is 0 Å². The van der Waals surface area contributed by atoms with Gasteiger partial charge < -0.3 is 14.2 Å². The maximum absolute atomic E-state index is 5.97. The molecule has 0 spiro atoms. The molecule has 0 fully saturated rings. The van der Waals surface area contributed by atoms with Gasteiger partial charge in [0.15, 0.2) is 11.5 Å². The normalized spacial score (nSPS) is 16.4. The highest BCUT2D eigenvalue weighted by Crippen LogP contribution is 2.39. The summed E-state index contributed by atoms with van der Waals surface area (Å²) in [5.74, 6) is 2.58. The minimum Gasteiger partial charge on any atom is -0.497 e. The summed E-state index contributed by atoms with van der Waals surface area (Å²) in [6, 6.07) is 14.3. The predicted octanol–water partition coefficient (Wildman–Crippen LogP) is 4.72. The highest BCUT2D eigenvalue weighted by atomic mass is 16.7. The van der Waals surface area contributed by atoms with Crippen LogP contribution in [0.5, 0.6) is 17.2 Å². The van der Waals surface area contributed by atoms with E-state index in [0.29, 0.717) is 0 Å². The standard InChI is InChI=1S/C20H24O3/c1-20(2,3)15-9-10-17-18(13-15)23-19(22-17)11-8-14-6-5-7-16(12-14)21-4/h5-7,9-10,12-13,19H,8,11H2,1-4H3. The monoisotopic (exact) mass is 312 g/mol. The largest absolute Gasteiger partial charge is 0.497 e. The molecule has 3 heteroatoms. The second-order valence-corrected chi connectivity index (χ2v) is 6.97. The number of hydrogen-bond acceptors (Lipinski definition) is 3. The van der Waals surface area contributed by atoms with Crippen molar-refractivity contribution in [2.45, 2.75) is 45.3 Å². The smallest absolute Gasteiger partial charge is 0.241 e. The molecule has 0 bridgehead atoms. The van der Waals surface area contributed by atoms with Gasteiger partial charge in [0.1, 0.15) is 5.75 Å². The van der Waals surface area contributed by atoms with Gasteiger partial charge in [-0.2, -0.15) is 0 Å². The zero-order valence-electron chi connectivity index (χ0n) is 14.3. The Kier molecular flexibility index (Phi) is 4.20. The van der Waals surface area contributed by atoms with Crippen LogP contribution in [-0.2, 0) is 11.8 Å². The van der Waals surface area contributed by atoms with Crippen molar-refractivity contribution in [2.75, 3.05) is 7.11 Å². The maximum atomic E-state index is 5.97. The fourth-order valence-electron chi connectivity index (χ4n) is 2.70. The van der Waals surface area contributed by atoms with Crippen molar-refractivity contribution in [1.82, 2.24) is 0 Å². The van der Waals surface area contributed by atoms with Gasteiger partial charge in [0.25, 0.3) is 0 Å². The number of methoxy groups -OCH3 is 1. The second-order valence-electron chi connectivity index (χ2n) is 6.97. The number of benzene rings is 2. The number of hydrogen-bond donors (Lipinski definition) is 0. The second kappa shape index (κ2) is 6.15. The molecule has 2 aromatic carbocycles. The first-order valence-corrected chi connectivity index (χ1v) is 8.06. The van der Waals surface area contributed by atoms with Gasteiger partial charge in [-0.25, -0.2) is 0 Å². The molecular formula is C20H24O3. The minimum absolute atomic E-state index is 0.108. The van der Waals surface area contributed by atoms with E-state index in [-0.39, 0.29) is 11.7 Å². The van der Waals surface area contributed by atoms with Crippen molar-refractivity contribution in [3.63, 3.8) is 0 Å². The molecule has 0 amide bonds. The highest BCUT2D eigenvalue weighted by Gasteiger charge is 2.26. The quantitative estimate of drug-likeness (QED) is 0.817. The van der Waals surface area contributed by atoms with E-state index in [2.05, 4.69) is 45.0 Å². The van der Waals surface area contributed by atoms with E-state index in [1.54, 1.807) is 7.11 Å². The summed E-state index contributed by atoms with van der Waals surface area (Å²) in [6.07, 6.45) is 1.49. The van der Waals surface area contributed by atoms with Crippen molar-refractivity contribution < 1.29 is 14.2 Å². The molecule has 1 atom stereocenters. The van der Waals surface area contributed by atoms with Crippen molar-refractivity contribution in [2.24, 2.45) is 0 Å². The Morgan fingerprint density at radius 2 is 1.78 bits per heavy atom. The molecular weight excluding hydrogens is 288 g/mol. The summed E-state index contributed by atoms with van der Waals surface area (Å²) in [5, 5.41) is 0. The van der Waals surface area contributed by atoms with E-state index in [1.165, 1.54) is 11.1 Å². The van der Waals surface area contributed by atoms with Crippen LogP contribution in [0.1, 0.15) is 38.3 Å². The van der Waals surface area contributed by atoms with Crippen molar-refractivity contribution >= 4 is 0 Å². The summed E-state index contributed by atoms with van der Waals surface area (Å²) < 4.78 is 17.1. The molecule has 1 heterocycles. The van der Waals surface area contributed by atoms with Gasteiger partial charge in [-0.15, -0.1) is 0 Å². The van der Waals surface area contributed by atoms with Crippen LogP contribution < -0.4 is 14.2 Å². The number of ether oxygens (including phenoxy) is 3. The van der Waals surface area contributed by atoms with Crippen LogP contribution in [-0.4, -0.2) is 13.4 Å². The van der Waals surface area contributed by atoms with E-state index in [4.69, 9.17) is 14.2 Å². The summed E-state index contributed by atoms with van der Waals surface area (Å²) in [7, 11) is 1.69. The lowest BCUT2D eigenvalue weighted by molar-refractivity contribution is 0.0422. The molecule has 122 valence electrons. The lowest BCUT2D eigenvalue weighted by atomic mass is 9.87. The number of aryl methyl sites for hydroxylation is 1. The van der Waals surface area contributed by atoms with Gasteiger partial charge in [0, 0.05) is 6.42 Å². The molecule has 1 aliphatic rings. The van der Waals surface area contributed by atoms with E-state index in [0.717, 1.165) is 30.1 Å². The van der Waals surface area contributed by atoms with E-state index in [1.807, 2.05) is 18.2 Å². The lowest BCUT2D eigenvalue weighted by Crippen LogP contribution is -2.18. The van der Waals surface area contributed by atoms with Crippen LogP contribution in [0.2, 0.25) is 0 Å². The Hall–Kier alpha value is -2.16. The molecule has 0 N–H and O–H groups in total. The van der Waals surface area contributed by atoms with Crippen LogP contribution in [0.15, 0.2) is 42.5 Å². The molecule has 0 saturated heterocycles. The molecule has 0 aromatic heterocycles. The molecule has 0 aliphatic carbocycles. The van der Waals surface area contributed by atoms with Crippen molar-refractivity contribution in [3.8, 4) is 17.2 Å². The predicted molar refractivity (Wildman–Crippen MR) is 91.5 cm³/mol. The number of rotatable bonds is 4. The first-order chi connectivity index (χ1) is 11.0. The Morgan fingerprint density at radius 3 is 2.52 bits per heavy atom. The van der Waals surface area contributed by atoms with Gasteiger partial charge in [0.05, 0.1) is 7.11 Å². The molecule has 3 nitrogen and oxygen atoms in total. The first kappa shape index (κ1) is 15.7. The molecule has 3 rings (SSSR count). The average Bonchev–Trinajstić information content (AvgIpc) is 2.94. The molecule has 0 radical (unpaired) electrons. The van der Waals surface area contributed by atoms with E-state index >= 15 is 0 Å². The zero-order valence-corrected chi connectivity index (χ0v) is 14.3. The third kappa shape index (κ3) is 3.61. The van der Waals surface area contributed by atoms with E-state index < -0.39 is 0 Å². The van der Waals surface area contributed by atoms with Crippen LogP contribution >= 0.6 is 0 Å². The Balaban J connectivity index is 1.63. The third-order valence-electron chi connectivity index (χ3n) is 4.13.